The van der Waals surface area contributed by atoms with Crippen molar-refractivity contribution in [3.8, 4) is 0 Å². The van der Waals surface area contributed by atoms with Crippen molar-refractivity contribution in [3.63, 3.8) is 0 Å². The van der Waals surface area contributed by atoms with Crippen molar-refractivity contribution in [2.75, 3.05) is 14.2 Å². The summed E-state index contributed by atoms with van der Waals surface area (Å²) in [6.07, 6.45) is 4.22. The zero-order valence-corrected chi connectivity index (χ0v) is 18.1. The number of ether oxygens (including phenoxy) is 1. The second-order valence-corrected chi connectivity index (χ2v) is 9.94. The van der Waals surface area contributed by atoms with Gasteiger partial charge >= 0.3 is 5.97 Å². The number of carbonyl (C=O) groups excluding carboxylic acids is 3. The number of allylic oxidation sites excluding steroid dienone is 2. The number of nitrogens with zero attached hydrogens (tertiary/aromatic N) is 1. The number of methoxy groups -OCH3 is 1. The van der Waals surface area contributed by atoms with Gasteiger partial charge in [0.15, 0.2) is 0 Å². The maximum absolute atomic E-state index is 13.3. The smallest absolute Gasteiger partial charge is 0.323 e. The average Bonchev–Trinajstić information content (AvgIpc) is 3.33. The molecule has 7 atom stereocenters. The standard InChI is InChI=1S/C23H25ClN2O4/c1-22(2)18(21(29)30-4)25-17(11-5-7-12(24)8-6-11)15-13-9-10-23(15,22)16-14(13)19(27)26(3)20(16)28/h5-10,13-18,25H,1-4H3. The number of likely N-dealkylation sites (tertiary alicyclic amines) is 1. The molecule has 1 aromatic rings. The van der Waals surface area contributed by atoms with E-state index >= 15 is 0 Å². The summed E-state index contributed by atoms with van der Waals surface area (Å²) < 4.78 is 5.15. The Hall–Kier alpha value is -2.18. The van der Waals surface area contributed by atoms with Crippen LogP contribution in [-0.4, -0.2) is 42.9 Å². The van der Waals surface area contributed by atoms with E-state index in [-0.39, 0.29) is 41.6 Å². The molecular weight excluding hydrogens is 404 g/mol. The summed E-state index contributed by atoms with van der Waals surface area (Å²) in [5.74, 6) is -1.56. The minimum atomic E-state index is -0.639. The molecule has 5 rings (SSSR count). The van der Waals surface area contributed by atoms with Crippen molar-refractivity contribution in [1.29, 1.82) is 0 Å². The van der Waals surface area contributed by atoms with E-state index in [9.17, 15) is 14.4 Å². The summed E-state index contributed by atoms with van der Waals surface area (Å²) in [5, 5.41) is 4.16. The van der Waals surface area contributed by atoms with Gasteiger partial charge in [0.2, 0.25) is 11.8 Å². The molecule has 2 bridgehead atoms. The Bertz CT molecular complexity index is 987. The van der Waals surface area contributed by atoms with Crippen LogP contribution < -0.4 is 5.32 Å². The summed E-state index contributed by atoms with van der Waals surface area (Å²) in [6, 6.07) is 6.71. The van der Waals surface area contributed by atoms with Gasteiger partial charge < -0.3 is 4.74 Å². The molecule has 3 fully saturated rings. The summed E-state index contributed by atoms with van der Waals surface area (Å²) in [6.45, 7) is 4.02. The van der Waals surface area contributed by atoms with Crippen molar-refractivity contribution in [2.24, 2.45) is 34.5 Å². The summed E-state index contributed by atoms with van der Waals surface area (Å²) in [4.78, 5) is 40.5. The molecule has 2 amide bonds. The number of hydrogen-bond donors (Lipinski definition) is 1. The van der Waals surface area contributed by atoms with E-state index in [2.05, 4.69) is 17.5 Å². The lowest BCUT2D eigenvalue weighted by Crippen LogP contribution is -2.66. The van der Waals surface area contributed by atoms with Crippen LogP contribution in [-0.2, 0) is 19.1 Å². The van der Waals surface area contributed by atoms with Gasteiger partial charge in [-0.3, -0.25) is 24.6 Å². The first kappa shape index (κ1) is 19.8. The molecule has 30 heavy (non-hydrogen) atoms. The maximum Gasteiger partial charge on any atom is 0.323 e. The van der Waals surface area contributed by atoms with Gasteiger partial charge in [0.05, 0.1) is 18.9 Å². The van der Waals surface area contributed by atoms with E-state index in [1.165, 1.54) is 12.0 Å². The highest BCUT2D eigenvalue weighted by Crippen LogP contribution is 2.74. The highest BCUT2D eigenvalue weighted by Gasteiger charge is 2.78. The zero-order valence-electron chi connectivity index (χ0n) is 17.4. The number of rotatable bonds is 2. The Balaban J connectivity index is 1.72. The van der Waals surface area contributed by atoms with Gasteiger partial charge in [0, 0.05) is 28.9 Å². The molecule has 2 aliphatic carbocycles. The third-order valence-corrected chi connectivity index (χ3v) is 8.52. The molecule has 1 N–H and O–H groups in total. The molecule has 0 aromatic heterocycles. The predicted octanol–water partition coefficient (Wildman–Crippen LogP) is 2.59. The fourth-order valence-electron chi connectivity index (χ4n) is 6.94. The number of esters is 1. The first-order valence-corrected chi connectivity index (χ1v) is 10.6. The first-order chi connectivity index (χ1) is 14.2. The van der Waals surface area contributed by atoms with E-state index < -0.39 is 22.8 Å². The van der Waals surface area contributed by atoms with Crippen molar-refractivity contribution >= 4 is 29.4 Å². The van der Waals surface area contributed by atoms with Crippen LogP contribution in [0.15, 0.2) is 36.4 Å². The molecule has 7 unspecified atom stereocenters. The van der Waals surface area contributed by atoms with Crippen LogP contribution >= 0.6 is 11.6 Å². The topological polar surface area (TPSA) is 75.7 Å². The van der Waals surface area contributed by atoms with E-state index in [0.717, 1.165) is 5.56 Å². The van der Waals surface area contributed by atoms with Crippen molar-refractivity contribution in [2.45, 2.75) is 25.9 Å². The molecule has 0 spiro atoms. The fourth-order valence-corrected chi connectivity index (χ4v) is 7.06. The number of halogens is 1. The molecule has 2 saturated heterocycles. The molecule has 7 heteroatoms. The van der Waals surface area contributed by atoms with Crippen LogP contribution in [0.25, 0.3) is 0 Å². The quantitative estimate of drug-likeness (QED) is 0.445. The Morgan fingerprint density at radius 2 is 1.83 bits per heavy atom. The Labute approximate surface area is 180 Å². The van der Waals surface area contributed by atoms with E-state index in [0.29, 0.717) is 5.02 Å². The Morgan fingerprint density at radius 1 is 1.17 bits per heavy atom. The monoisotopic (exact) mass is 428 g/mol. The van der Waals surface area contributed by atoms with Gasteiger partial charge in [-0.05, 0) is 29.5 Å². The molecule has 6 nitrogen and oxygen atoms in total. The highest BCUT2D eigenvalue weighted by atomic mass is 35.5. The molecule has 1 saturated carbocycles. The average molecular weight is 429 g/mol. The predicted molar refractivity (Wildman–Crippen MR) is 110 cm³/mol. The second kappa shape index (κ2) is 6.17. The molecular formula is C23H25ClN2O4. The molecule has 158 valence electrons. The van der Waals surface area contributed by atoms with Gasteiger partial charge in [0.1, 0.15) is 6.04 Å². The second-order valence-electron chi connectivity index (χ2n) is 9.51. The van der Waals surface area contributed by atoms with Crippen LogP contribution in [0.1, 0.15) is 25.5 Å². The highest BCUT2D eigenvalue weighted by molar-refractivity contribution is 6.30. The fraction of sp³-hybridized carbons (Fsp3) is 0.522. The normalized spacial score (nSPS) is 40.5. The van der Waals surface area contributed by atoms with Crippen LogP contribution in [0.2, 0.25) is 5.02 Å². The third-order valence-electron chi connectivity index (χ3n) is 8.27. The zero-order chi connectivity index (χ0) is 21.6. The number of imide groups is 1. The molecule has 1 aromatic carbocycles. The SMILES string of the molecule is COC(=O)C1NC(c2ccc(Cl)cc2)C2C3C=CC2(C2C(=O)N(C)C(=O)C32)C1(C)C. The van der Waals surface area contributed by atoms with Crippen LogP contribution in [0.3, 0.4) is 0 Å². The Morgan fingerprint density at radius 3 is 2.47 bits per heavy atom. The minimum absolute atomic E-state index is 0.0221. The van der Waals surface area contributed by atoms with Crippen molar-refractivity contribution in [1.82, 2.24) is 10.2 Å². The van der Waals surface area contributed by atoms with E-state index in [1.54, 1.807) is 7.05 Å². The number of benzene rings is 1. The van der Waals surface area contributed by atoms with Crippen LogP contribution in [0.4, 0.5) is 0 Å². The van der Waals surface area contributed by atoms with Crippen molar-refractivity contribution < 1.29 is 19.1 Å². The number of carbonyl (C=O) groups is 3. The number of nitrogens with one attached hydrogen (secondary N) is 1. The van der Waals surface area contributed by atoms with E-state index in [4.69, 9.17) is 16.3 Å². The number of amides is 2. The van der Waals surface area contributed by atoms with Gasteiger partial charge in [-0.15, -0.1) is 0 Å². The van der Waals surface area contributed by atoms with E-state index in [1.807, 2.05) is 38.1 Å². The largest absolute Gasteiger partial charge is 0.468 e. The summed E-state index contributed by atoms with van der Waals surface area (Å²) in [7, 11) is 2.94. The number of hydrogen-bond acceptors (Lipinski definition) is 5. The van der Waals surface area contributed by atoms with Gasteiger partial charge in [0.25, 0.3) is 0 Å². The third kappa shape index (κ3) is 2.11. The molecule has 2 aliphatic heterocycles. The lowest BCUT2D eigenvalue weighted by atomic mass is 9.50. The number of fused-ring (bicyclic) bond motifs is 2. The number of piperidine rings is 1. The first-order valence-electron chi connectivity index (χ1n) is 10.3. The summed E-state index contributed by atoms with van der Waals surface area (Å²) >= 11 is 6.11. The van der Waals surface area contributed by atoms with Crippen LogP contribution in [0.5, 0.6) is 0 Å². The lowest BCUT2D eigenvalue weighted by Gasteiger charge is -2.57. The molecule has 0 radical (unpaired) electrons. The minimum Gasteiger partial charge on any atom is -0.468 e. The van der Waals surface area contributed by atoms with Crippen LogP contribution in [0, 0.1) is 34.5 Å². The lowest BCUT2D eigenvalue weighted by molar-refractivity contribution is -0.160. The van der Waals surface area contributed by atoms with Gasteiger partial charge in [-0.1, -0.05) is 49.7 Å². The Kier molecular flexibility index (Phi) is 4.07. The maximum atomic E-state index is 13.3. The van der Waals surface area contributed by atoms with Crippen molar-refractivity contribution in [3.05, 3.63) is 47.0 Å². The molecule has 4 aliphatic rings. The molecule has 2 heterocycles. The van der Waals surface area contributed by atoms with Gasteiger partial charge in [-0.2, -0.15) is 0 Å². The summed E-state index contributed by atoms with van der Waals surface area (Å²) in [5.41, 5.74) is -0.284. The van der Waals surface area contributed by atoms with Gasteiger partial charge in [-0.25, -0.2) is 0 Å².